The molecule has 0 spiro atoms. The monoisotopic (exact) mass is 349 g/mol. The summed E-state index contributed by atoms with van der Waals surface area (Å²) in [6, 6.07) is 7.75. The molecule has 1 aromatic carbocycles. The van der Waals surface area contributed by atoms with Crippen molar-refractivity contribution < 1.29 is 8.42 Å². The van der Waals surface area contributed by atoms with Crippen molar-refractivity contribution in [1.29, 1.82) is 0 Å². The highest BCUT2D eigenvalue weighted by molar-refractivity contribution is 7.88. The van der Waals surface area contributed by atoms with Crippen LogP contribution >= 0.6 is 23.2 Å². The van der Waals surface area contributed by atoms with Gasteiger partial charge in [0.1, 0.15) is 0 Å². The maximum Gasteiger partial charge on any atom is 0.211 e. The fraction of sp³-hybridized carbons (Fsp3) is 0.600. The molecule has 2 rings (SSSR count). The van der Waals surface area contributed by atoms with Crippen LogP contribution in [0.1, 0.15) is 30.7 Å². The summed E-state index contributed by atoms with van der Waals surface area (Å²) >= 11 is 12.4. The summed E-state index contributed by atoms with van der Waals surface area (Å²) < 4.78 is 25.0. The molecule has 2 unspecified atom stereocenters. The standard InChI is InChI=1S/C15H21Cl2NO2S/c1-21(19,20)18-8-4-5-12(11-18)9-13(10-16)14-6-2-3-7-15(14)17/h2-3,6-7,12-13H,4-5,8-11H2,1H3. The van der Waals surface area contributed by atoms with Crippen molar-refractivity contribution >= 4 is 33.2 Å². The Morgan fingerprint density at radius 1 is 1.38 bits per heavy atom. The van der Waals surface area contributed by atoms with E-state index in [1.807, 2.05) is 24.3 Å². The third-order valence-corrected chi connectivity index (χ3v) is 6.09. The molecule has 0 aliphatic carbocycles. The van der Waals surface area contributed by atoms with Gasteiger partial charge >= 0.3 is 0 Å². The first kappa shape index (κ1) is 17.1. The maximum atomic E-state index is 11.7. The second-order valence-electron chi connectivity index (χ2n) is 5.74. The van der Waals surface area contributed by atoms with Crippen LogP contribution in [0.15, 0.2) is 24.3 Å². The largest absolute Gasteiger partial charge is 0.213 e. The molecule has 0 aromatic heterocycles. The van der Waals surface area contributed by atoms with E-state index in [2.05, 4.69) is 0 Å². The van der Waals surface area contributed by atoms with Gasteiger partial charge in [0.2, 0.25) is 10.0 Å². The highest BCUT2D eigenvalue weighted by Gasteiger charge is 2.28. The molecule has 3 nitrogen and oxygen atoms in total. The van der Waals surface area contributed by atoms with Gasteiger partial charge in [0, 0.05) is 24.0 Å². The van der Waals surface area contributed by atoms with Crippen molar-refractivity contribution in [3.8, 4) is 0 Å². The summed E-state index contributed by atoms with van der Waals surface area (Å²) in [5.41, 5.74) is 1.06. The molecule has 118 valence electrons. The first-order valence-electron chi connectivity index (χ1n) is 7.17. The molecule has 6 heteroatoms. The van der Waals surface area contributed by atoms with E-state index in [4.69, 9.17) is 23.2 Å². The van der Waals surface area contributed by atoms with Gasteiger partial charge in [-0.05, 0) is 42.7 Å². The van der Waals surface area contributed by atoms with Crippen molar-refractivity contribution in [2.75, 3.05) is 25.2 Å². The summed E-state index contributed by atoms with van der Waals surface area (Å²) in [6.07, 6.45) is 4.11. The van der Waals surface area contributed by atoms with E-state index in [9.17, 15) is 8.42 Å². The Hall–Kier alpha value is -0.290. The number of hydrogen-bond acceptors (Lipinski definition) is 2. The lowest BCUT2D eigenvalue weighted by Crippen LogP contribution is -2.39. The smallest absolute Gasteiger partial charge is 0.211 e. The zero-order valence-corrected chi connectivity index (χ0v) is 14.5. The molecule has 1 aliphatic heterocycles. The SMILES string of the molecule is CS(=O)(=O)N1CCCC(CC(CCl)c2ccccc2Cl)C1. The lowest BCUT2D eigenvalue weighted by molar-refractivity contribution is 0.249. The molecular formula is C15H21Cl2NO2S. The quantitative estimate of drug-likeness (QED) is 0.759. The van der Waals surface area contributed by atoms with Gasteiger partial charge in [0.05, 0.1) is 6.26 Å². The van der Waals surface area contributed by atoms with Crippen LogP contribution in [0.4, 0.5) is 0 Å². The minimum absolute atomic E-state index is 0.171. The van der Waals surface area contributed by atoms with Gasteiger partial charge in [-0.2, -0.15) is 0 Å². The van der Waals surface area contributed by atoms with Gasteiger partial charge in [-0.15, -0.1) is 11.6 Å². The number of alkyl halides is 1. The third-order valence-electron chi connectivity index (χ3n) is 4.10. The van der Waals surface area contributed by atoms with Gasteiger partial charge < -0.3 is 0 Å². The Bertz CT molecular complexity index is 577. The first-order valence-corrected chi connectivity index (χ1v) is 9.93. The highest BCUT2D eigenvalue weighted by Crippen LogP contribution is 2.33. The molecule has 0 saturated carbocycles. The number of benzene rings is 1. The van der Waals surface area contributed by atoms with Gasteiger partial charge in [0.15, 0.2) is 0 Å². The van der Waals surface area contributed by atoms with Crippen LogP contribution in [0.2, 0.25) is 5.02 Å². The molecule has 1 fully saturated rings. The molecule has 1 heterocycles. The van der Waals surface area contributed by atoms with E-state index in [0.29, 0.717) is 24.9 Å². The summed E-state index contributed by atoms with van der Waals surface area (Å²) in [5.74, 6) is 1.01. The Labute approximate surface area is 137 Å². The Balaban J connectivity index is 2.07. The fourth-order valence-corrected chi connectivity index (χ4v) is 4.53. The molecule has 21 heavy (non-hydrogen) atoms. The van der Waals surface area contributed by atoms with Gasteiger partial charge in [-0.3, -0.25) is 0 Å². The summed E-state index contributed by atoms with van der Waals surface area (Å²) in [5, 5.41) is 0.735. The number of nitrogens with zero attached hydrogens (tertiary/aromatic N) is 1. The molecule has 0 bridgehead atoms. The summed E-state index contributed by atoms with van der Waals surface area (Å²) in [7, 11) is -3.10. The van der Waals surface area contributed by atoms with Gasteiger partial charge in [-0.25, -0.2) is 12.7 Å². The van der Waals surface area contributed by atoms with Gasteiger partial charge in [-0.1, -0.05) is 29.8 Å². The van der Waals surface area contributed by atoms with Crippen LogP contribution in [-0.2, 0) is 10.0 Å². The molecule has 1 aliphatic rings. The Morgan fingerprint density at radius 2 is 2.10 bits per heavy atom. The number of halogens is 2. The number of piperidine rings is 1. The van der Waals surface area contributed by atoms with E-state index in [1.165, 1.54) is 6.26 Å². The van der Waals surface area contributed by atoms with Gasteiger partial charge in [0.25, 0.3) is 0 Å². The van der Waals surface area contributed by atoms with Crippen molar-refractivity contribution in [3.63, 3.8) is 0 Å². The van der Waals surface area contributed by atoms with Crippen LogP contribution in [0.5, 0.6) is 0 Å². The predicted molar refractivity (Wildman–Crippen MR) is 88.7 cm³/mol. The van der Waals surface area contributed by atoms with E-state index < -0.39 is 10.0 Å². The van der Waals surface area contributed by atoms with Crippen LogP contribution in [0, 0.1) is 5.92 Å². The normalized spacial score (nSPS) is 22.1. The summed E-state index contributed by atoms with van der Waals surface area (Å²) in [6.45, 7) is 1.23. The Kier molecular flexibility index (Phi) is 5.95. The average Bonchev–Trinajstić information content (AvgIpc) is 2.45. The zero-order chi connectivity index (χ0) is 15.5. The highest BCUT2D eigenvalue weighted by atomic mass is 35.5. The van der Waals surface area contributed by atoms with Crippen molar-refractivity contribution in [1.82, 2.24) is 4.31 Å². The molecular weight excluding hydrogens is 329 g/mol. The van der Waals surface area contributed by atoms with Crippen molar-refractivity contribution in [2.45, 2.75) is 25.2 Å². The lowest BCUT2D eigenvalue weighted by Gasteiger charge is -2.32. The second kappa shape index (κ2) is 7.32. The number of sulfonamides is 1. The van der Waals surface area contributed by atoms with Crippen LogP contribution < -0.4 is 0 Å². The minimum atomic E-state index is -3.10. The van der Waals surface area contributed by atoms with E-state index in [1.54, 1.807) is 4.31 Å². The maximum absolute atomic E-state index is 11.7. The van der Waals surface area contributed by atoms with Crippen molar-refractivity contribution in [3.05, 3.63) is 34.9 Å². The Morgan fingerprint density at radius 3 is 2.71 bits per heavy atom. The van der Waals surface area contributed by atoms with Crippen LogP contribution in [0.25, 0.3) is 0 Å². The van der Waals surface area contributed by atoms with E-state index >= 15 is 0 Å². The summed E-state index contributed by atoms with van der Waals surface area (Å²) in [4.78, 5) is 0. The molecule has 1 saturated heterocycles. The molecule has 1 aromatic rings. The molecule has 2 atom stereocenters. The molecule has 0 radical (unpaired) electrons. The van der Waals surface area contributed by atoms with E-state index in [0.717, 1.165) is 29.8 Å². The van der Waals surface area contributed by atoms with Crippen LogP contribution in [-0.4, -0.2) is 37.9 Å². The fourth-order valence-electron chi connectivity index (χ4n) is 3.00. The first-order chi connectivity index (χ1) is 9.91. The second-order valence-corrected chi connectivity index (χ2v) is 8.44. The number of hydrogen-bond donors (Lipinski definition) is 0. The molecule has 0 N–H and O–H groups in total. The minimum Gasteiger partial charge on any atom is -0.213 e. The van der Waals surface area contributed by atoms with E-state index in [-0.39, 0.29) is 5.92 Å². The number of rotatable bonds is 5. The van der Waals surface area contributed by atoms with Crippen molar-refractivity contribution in [2.24, 2.45) is 5.92 Å². The third kappa shape index (κ3) is 4.59. The van der Waals surface area contributed by atoms with Crippen LogP contribution in [0.3, 0.4) is 0 Å². The predicted octanol–water partition coefficient (Wildman–Crippen LogP) is 3.72. The average molecular weight is 350 g/mol. The molecule has 0 amide bonds. The lowest BCUT2D eigenvalue weighted by atomic mass is 9.86. The topological polar surface area (TPSA) is 37.4 Å². The zero-order valence-electron chi connectivity index (χ0n) is 12.1.